The van der Waals surface area contributed by atoms with E-state index in [1.807, 2.05) is 25.1 Å². The molecule has 1 spiro atoms. The molecule has 0 aliphatic carbocycles. The Morgan fingerprint density at radius 2 is 1.87 bits per heavy atom. The normalized spacial score (nSPS) is 22.8. The summed E-state index contributed by atoms with van der Waals surface area (Å²) in [5.41, 5.74) is 0.612. The Hall–Kier alpha value is -2.37. The van der Waals surface area contributed by atoms with Crippen molar-refractivity contribution in [3.63, 3.8) is 0 Å². The van der Waals surface area contributed by atoms with E-state index >= 15 is 0 Å². The highest BCUT2D eigenvalue weighted by Gasteiger charge is 2.61. The summed E-state index contributed by atoms with van der Waals surface area (Å²) < 4.78 is 0. The maximum absolute atomic E-state index is 13.1. The van der Waals surface area contributed by atoms with Gasteiger partial charge >= 0.3 is 6.03 Å². The molecule has 0 bridgehead atoms. The molecule has 6 heteroatoms. The molecule has 1 aromatic rings. The number of benzene rings is 1. The fourth-order valence-electron chi connectivity index (χ4n) is 3.39. The number of imide groups is 1. The van der Waals surface area contributed by atoms with Crippen molar-refractivity contribution in [1.29, 1.82) is 0 Å². The van der Waals surface area contributed by atoms with Gasteiger partial charge < -0.3 is 10.2 Å². The van der Waals surface area contributed by atoms with Crippen LogP contribution >= 0.6 is 0 Å². The first kappa shape index (κ1) is 15.5. The van der Waals surface area contributed by atoms with Crippen molar-refractivity contribution in [1.82, 2.24) is 10.6 Å². The van der Waals surface area contributed by atoms with Crippen LogP contribution in [-0.4, -0.2) is 24.4 Å². The predicted molar refractivity (Wildman–Crippen MR) is 86.0 cm³/mol. The van der Waals surface area contributed by atoms with Gasteiger partial charge in [0.1, 0.15) is 0 Å². The number of aryl methyl sites for hydroxylation is 1. The maximum atomic E-state index is 13.1. The smallest absolute Gasteiger partial charge is 0.312 e. The van der Waals surface area contributed by atoms with Crippen LogP contribution in [0.15, 0.2) is 18.2 Å². The molecule has 2 N–H and O–H groups in total. The zero-order valence-corrected chi connectivity index (χ0v) is 13.6. The third-order valence-corrected chi connectivity index (χ3v) is 4.88. The van der Waals surface area contributed by atoms with E-state index in [0.717, 1.165) is 18.4 Å². The molecule has 0 radical (unpaired) electrons. The summed E-state index contributed by atoms with van der Waals surface area (Å²) in [6.45, 7) is 6.62. The van der Waals surface area contributed by atoms with Crippen LogP contribution in [0, 0.1) is 12.8 Å². The van der Waals surface area contributed by atoms with Gasteiger partial charge in [-0.25, -0.2) is 4.79 Å². The molecule has 2 aliphatic rings. The summed E-state index contributed by atoms with van der Waals surface area (Å²) in [4.78, 5) is 38.8. The summed E-state index contributed by atoms with van der Waals surface area (Å²) in [5.74, 6) is -0.608. The monoisotopic (exact) mass is 315 g/mol. The van der Waals surface area contributed by atoms with Crippen molar-refractivity contribution < 1.29 is 14.4 Å². The predicted octanol–water partition coefficient (Wildman–Crippen LogP) is 1.81. The van der Waals surface area contributed by atoms with Crippen LogP contribution in [0.2, 0.25) is 0 Å². The van der Waals surface area contributed by atoms with Crippen molar-refractivity contribution in [2.75, 3.05) is 11.4 Å². The highest BCUT2D eigenvalue weighted by molar-refractivity contribution is 6.27. The van der Waals surface area contributed by atoms with Crippen LogP contribution in [0.4, 0.5) is 10.5 Å². The zero-order valence-electron chi connectivity index (χ0n) is 13.6. The first-order valence-electron chi connectivity index (χ1n) is 8.00. The highest BCUT2D eigenvalue weighted by atomic mass is 16.2. The number of carbonyl (C=O) groups excluding carboxylic acids is 3. The van der Waals surface area contributed by atoms with Gasteiger partial charge in [0.2, 0.25) is 5.54 Å². The van der Waals surface area contributed by atoms with Crippen LogP contribution in [-0.2, 0) is 15.1 Å². The molecule has 1 aromatic carbocycles. The molecule has 1 unspecified atom stereocenters. The summed E-state index contributed by atoms with van der Waals surface area (Å²) in [5, 5.41) is 4.77. The second-order valence-electron chi connectivity index (χ2n) is 6.28. The standard InChI is InChI=1S/C17H21N3O3/c1-4-11(5-2)9-20-13-7-6-10(3)8-12(13)17(15(20)22)14(21)18-16(23)19-17/h6-8,11H,4-5,9H2,1-3H3,(H2,18,19,21,23). The molecule has 0 aromatic heterocycles. The first-order chi connectivity index (χ1) is 10.9. The van der Waals surface area contributed by atoms with Crippen molar-refractivity contribution in [2.45, 2.75) is 39.2 Å². The lowest BCUT2D eigenvalue weighted by Gasteiger charge is -2.24. The fraction of sp³-hybridized carbons (Fsp3) is 0.471. The SMILES string of the molecule is CCC(CC)CN1C(=O)C2(NC(=O)NC2=O)c2cc(C)ccc21. The summed E-state index contributed by atoms with van der Waals surface area (Å²) in [6, 6.07) is 4.96. The maximum Gasteiger partial charge on any atom is 0.323 e. The average Bonchev–Trinajstić information content (AvgIpc) is 2.94. The Balaban J connectivity index is 2.12. The Kier molecular flexibility index (Phi) is 3.62. The third-order valence-electron chi connectivity index (χ3n) is 4.88. The Labute approximate surface area is 135 Å². The number of urea groups is 1. The number of amides is 4. The van der Waals surface area contributed by atoms with Crippen LogP contribution in [0.5, 0.6) is 0 Å². The lowest BCUT2D eigenvalue weighted by atomic mass is 9.90. The summed E-state index contributed by atoms with van der Waals surface area (Å²) in [6.07, 6.45) is 1.90. The van der Waals surface area contributed by atoms with E-state index in [9.17, 15) is 14.4 Å². The average molecular weight is 315 g/mol. The van der Waals surface area contributed by atoms with Gasteiger partial charge in [-0.15, -0.1) is 0 Å². The van der Waals surface area contributed by atoms with Gasteiger partial charge in [0.15, 0.2) is 0 Å². The fourth-order valence-corrected chi connectivity index (χ4v) is 3.39. The third kappa shape index (κ3) is 2.12. The molecule has 1 saturated heterocycles. The second kappa shape index (κ2) is 5.37. The lowest BCUT2D eigenvalue weighted by molar-refractivity contribution is -0.134. The van der Waals surface area contributed by atoms with E-state index in [0.29, 0.717) is 23.7 Å². The van der Waals surface area contributed by atoms with Crippen LogP contribution in [0.25, 0.3) is 0 Å². The van der Waals surface area contributed by atoms with E-state index in [1.54, 1.807) is 4.90 Å². The summed E-state index contributed by atoms with van der Waals surface area (Å²) >= 11 is 0. The topological polar surface area (TPSA) is 78.5 Å². The van der Waals surface area contributed by atoms with Gasteiger partial charge in [-0.05, 0) is 18.9 Å². The van der Waals surface area contributed by atoms with E-state index < -0.39 is 17.5 Å². The van der Waals surface area contributed by atoms with Gasteiger partial charge in [0, 0.05) is 12.1 Å². The zero-order chi connectivity index (χ0) is 16.8. The molecule has 3 rings (SSSR count). The molecule has 1 fully saturated rings. The van der Waals surface area contributed by atoms with Gasteiger partial charge in [-0.2, -0.15) is 0 Å². The van der Waals surface area contributed by atoms with Gasteiger partial charge in [0.05, 0.1) is 5.69 Å². The van der Waals surface area contributed by atoms with Gasteiger partial charge in [0.25, 0.3) is 11.8 Å². The first-order valence-corrected chi connectivity index (χ1v) is 8.00. The Morgan fingerprint density at radius 3 is 2.43 bits per heavy atom. The van der Waals surface area contributed by atoms with Crippen molar-refractivity contribution >= 4 is 23.5 Å². The van der Waals surface area contributed by atoms with Crippen molar-refractivity contribution in [3.05, 3.63) is 29.3 Å². The second-order valence-corrected chi connectivity index (χ2v) is 6.28. The molecule has 0 saturated carbocycles. The molecule has 2 aliphatic heterocycles. The Morgan fingerprint density at radius 1 is 1.17 bits per heavy atom. The van der Waals surface area contributed by atoms with E-state index in [1.165, 1.54) is 0 Å². The molecular formula is C17H21N3O3. The number of nitrogens with one attached hydrogen (secondary N) is 2. The molecule has 6 nitrogen and oxygen atoms in total. The van der Waals surface area contributed by atoms with Crippen molar-refractivity contribution in [2.24, 2.45) is 5.92 Å². The summed E-state index contributed by atoms with van der Waals surface area (Å²) in [7, 11) is 0. The minimum absolute atomic E-state index is 0.350. The molecule has 4 amide bonds. The quantitative estimate of drug-likeness (QED) is 0.657. The number of hydrogen-bond donors (Lipinski definition) is 2. The number of anilines is 1. The van der Waals surface area contributed by atoms with Crippen LogP contribution < -0.4 is 15.5 Å². The number of carbonyl (C=O) groups is 3. The molecule has 2 heterocycles. The minimum atomic E-state index is -1.61. The molecule has 122 valence electrons. The number of fused-ring (bicyclic) bond motifs is 2. The largest absolute Gasteiger partial charge is 0.323 e. The van der Waals surface area contributed by atoms with E-state index in [2.05, 4.69) is 24.5 Å². The van der Waals surface area contributed by atoms with Gasteiger partial charge in [-0.3, -0.25) is 14.9 Å². The van der Waals surface area contributed by atoms with Gasteiger partial charge in [-0.1, -0.05) is 44.4 Å². The Bertz CT molecular complexity index is 696. The van der Waals surface area contributed by atoms with E-state index in [4.69, 9.17) is 0 Å². The number of nitrogens with zero attached hydrogens (tertiary/aromatic N) is 1. The van der Waals surface area contributed by atoms with E-state index in [-0.39, 0.29) is 5.91 Å². The highest BCUT2D eigenvalue weighted by Crippen LogP contribution is 2.43. The molecule has 1 atom stereocenters. The number of hydrogen-bond acceptors (Lipinski definition) is 3. The molecule has 23 heavy (non-hydrogen) atoms. The number of rotatable bonds is 4. The van der Waals surface area contributed by atoms with Crippen LogP contribution in [0.1, 0.15) is 37.8 Å². The van der Waals surface area contributed by atoms with Crippen molar-refractivity contribution in [3.8, 4) is 0 Å². The lowest BCUT2D eigenvalue weighted by Crippen LogP contribution is -2.52. The molecular weight excluding hydrogens is 294 g/mol. The minimum Gasteiger partial charge on any atom is -0.312 e. The van der Waals surface area contributed by atoms with Crippen LogP contribution in [0.3, 0.4) is 0 Å².